The average molecular weight is 311 g/mol. The van der Waals surface area contributed by atoms with Gasteiger partial charge in [-0.15, -0.1) is 0 Å². The first-order valence-corrected chi connectivity index (χ1v) is 6.92. The Bertz CT molecular complexity index is 559. The van der Waals surface area contributed by atoms with Crippen molar-refractivity contribution in [2.75, 3.05) is 18.1 Å². The molecule has 112 valence electrons. The first kappa shape index (κ1) is 15.3. The van der Waals surface area contributed by atoms with Crippen LogP contribution in [0.5, 0.6) is 0 Å². The fourth-order valence-electron chi connectivity index (χ4n) is 2.12. The van der Waals surface area contributed by atoms with Gasteiger partial charge in [0.25, 0.3) is 0 Å². The zero-order chi connectivity index (χ0) is 15.4. The van der Waals surface area contributed by atoms with Gasteiger partial charge >= 0.3 is 11.9 Å². The second-order valence-corrected chi connectivity index (χ2v) is 5.01. The van der Waals surface area contributed by atoms with Crippen molar-refractivity contribution in [2.45, 2.75) is 19.4 Å². The molecule has 1 aliphatic heterocycles. The molecule has 1 atom stereocenters. The van der Waals surface area contributed by atoms with Gasteiger partial charge in [0.2, 0.25) is 5.91 Å². The van der Waals surface area contributed by atoms with Crippen LogP contribution in [0.15, 0.2) is 24.3 Å². The van der Waals surface area contributed by atoms with E-state index in [1.807, 2.05) is 0 Å². The van der Waals surface area contributed by atoms with Gasteiger partial charge in [-0.25, -0.2) is 4.79 Å². The Hall–Kier alpha value is -2.08. The van der Waals surface area contributed by atoms with Crippen molar-refractivity contribution < 1.29 is 19.1 Å². The number of esters is 1. The Balaban J connectivity index is 1.98. The molecule has 6 nitrogen and oxygen atoms in total. The molecular formula is C14H15ClN2O4. The minimum atomic E-state index is -0.935. The van der Waals surface area contributed by atoms with Crippen LogP contribution in [-0.4, -0.2) is 37.0 Å². The summed E-state index contributed by atoms with van der Waals surface area (Å²) in [7, 11) is 0. The molecule has 0 aliphatic carbocycles. The summed E-state index contributed by atoms with van der Waals surface area (Å²) in [5.74, 6) is -1.88. The van der Waals surface area contributed by atoms with E-state index >= 15 is 0 Å². The second-order valence-electron chi connectivity index (χ2n) is 4.58. The first-order chi connectivity index (χ1) is 10.0. The van der Waals surface area contributed by atoms with E-state index in [4.69, 9.17) is 11.6 Å². The molecule has 1 aromatic rings. The minimum Gasteiger partial charge on any atom is -0.459 e. The van der Waals surface area contributed by atoms with Crippen LogP contribution in [0.2, 0.25) is 5.02 Å². The number of hydrogen-bond acceptors (Lipinski definition) is 4. The van der Waals surface area contributed by atoms with E-state index in [1.54, 1.807) is 36.1 Å². The molecule has 1 aromatic carbocycles. The van der Waals surface area contributed by atoms with Crippen molar-refractivity contribution in [1.82, 2.24) is 5.32 Å². The van der Waals surface area contributed by atoms with Crippen LogP contribution in [-0.2, 0) is 19.1 Å². The zero-order valence-electron chi connectivity index (χ0n) is 11.5. The number of nitrogens with one attached hydrogen (secondary N) is 1. The minimum absolute atomic E-state index is 0.119. The molecule has 1 heterocycles. The highest BCUT2D eigenvalue weighted by Gasteiger charge is 2.32. The molecular weight excluding hydrogens is 296 g/mol. The van der Waals surface area contributed by atoms with E-state index in [0.717, 1.165) is 0 Å². The highest BCUT2D eigenvalue weighted by atomic mass is 35.5. The van der Waals surface area contributed by atoms with Crippen LogP contribution >= 0.6 is 11.6 Å². The standard InChI is InChI=1S/C14H15ClN2O4/c1-2-21-14(20)13(19)16-10-7-12(18)17(8-10)11-5-3-9(15)4-6-11/h3-6,10H,2,7-8H2,1H3,(H,16,19). The highest BCUT2D eigenvalue weighted by molar-refractivity contribution is 6.32. The number of ether oxygens (including phenoxy) is 1. The fourth-order valence-corrected chi connectivity index (χ4v) is 2.24. The lowest BCUT2D eigenvalue weighted by atomic mass is 10.2. The van der Waals surface area contributed by atoms with Crippen LogP contribution in [0.3, 0.4) is 0 Å². The van der Waals surface area contributed by atoms with Gasteiger partial charge in [0.1, 0.15) is 0 Å². The number of carbonyl (C=O) groups is 3. The van der Waals surface area contributed by atoms with Crippen LogP contribution in [0.4, 0.5) is 5.69 Å². The van der Waals surface area contributed by atoms with Crippen LogP contribution in [0.25, 0.3) is 0 Å². The van der Waals surface area contributed by atoms with E-state index in [2.05, 4.69) is 10.1 Å². The summed E-state index contributed by atoms with van der Waals surface area (Å²) in [6.45, 7) is 2.06. The Kier molecular flexibility index (Phi) is 4.80. The molecule has 0 radical (unpaired) electrons. The van der Waals surface area contributed by atoms with Gasteiger partial charge in [-0.1, -0.05) is 11.6 Å². The lowest BCUT2D eigenvalue weighted by Gasteiger charge is -2.17. The predicted octanol–water partition coefficient (Wildman–Crippen LogP) is 1.12. The van der Waals surface area contributed by atoms with Gasteiger partial charge in [-0.2, -0.15) is 0 Å². The highest BCUT2D eigenvalue weighted by Crippen LogP contribution is 2.23. The molecule has 0 saturated carbocycles. The second kappa shape index (κ2) is 6.58. The smallest absolute Gasteiger partial charge is 0.396 e. The van der Waals surface area contributed by atoms with Crippen LogP contribution < -0.4 is 10.2 Å². The van der Waals surface area contributed by atoms with Crippen molar-refractivity contribution >= 4 is 35.1 Å². The predicted molar refractivity (Wildman–Crippen MR) is 77.0 cm³/mol. The summed E-state index contributed by atoms with van der Waals surface area (Å²) in [6, 6.07) is 6.43. The molecule has 0 spiro atoms. The van der Waals surface area contributed by atoms with Crippen LogP contribution in [0, 0.1) is 0 Å². The summed E-state index contributed by atoms with van der Waals surface area (Å²) in [5.41, 5.74) is 0.706. The maximum Gasteiger partial charge on any atom is 0.396 e. The topological polar surface area (TPSA) is 75.7 Å². The zero-order valence-corrected chi connectivity index (χ0v) is 12.2. The van der Waals surface area contributed by atoms with E-state index in [9.17, 15) is 14.4 Å². The number of halogens is 1. The van der Waals surface area contributed by atoms with E-state index in [-0.39, 0.29) is 18.9 Å². The fraction of sp³-hybridized carbons (Fsp3) is 0.357. The van der Waals surface area contributed by atoms with Crippen molar-refractivity contribution in [3.63, 3.8) is 0 Å². The molecule has 2 rings (SSSR count). The Morgan fingerprint density at radius 3 is 2.67 bits per heavy atom. The lowest BCUT2D eigenvalue weighted by Crippen LogP contribution is -2.41. The number of carbonyl (C=O) groups excluding carboxylic acids is 3. The third-order valence-corrected chi connectivity index (χ3v) is 3.31. The maximum atomic E-state index is 12.0. The maximum absolute atomic E-state index is 12.0. The van der Waals surface area contributed by atoms with Gasteiger partial charge in [0.05, 0.1) is 12.6 Å². The molecule has 21 heavy (non-hydrogen) atoms. The monoisotopic (exact) mass is 310 g/mol. The average Bonchev–Trinajstić information content (AvgIpc) is 2.80. The summed E-state index contributed by atoms with van der Waals surface area (Å²) < 4.78 is 4.60. The van der Waals surface area contributed by atoms with Crippen molar-refractivity contribution in [2.24, 2.45) is 0 Å². The molecule has 7 heteroatoms. The molecule has 1 unspecified atom stereocenters. The SMILES string of the molecule is CCOC(=O)C(=O)NC1CC(=O)N(c2ccc(Cl)cc2)C1. The van der Waals surface area contributed by atoms with Gasteiger partial charge in [-0.3, -0.25) is 9.59 Å². The molecule has 1 N–H and O–H groups in total. The number of nitrogens with zero attached hydrogens (tertiary/aromatic N) is 1. The summed E-state index contributed by atoms with van der Waals surface area (Å²) in [5, 5.41) is 3.08. The van der Waals surface area contributed by atoms with E-state index in [0.29, 0.717) is 17.3 Å². The summed E-state index contributed by atoms with van der Waals surface area (Å²) >= 11 is 5.80. The molecule has 1 fully saturated rings. The number of amides is 2. The Morgan fingerprint density at radius 2 is 2.05 bits per heavy atom. The third-order valence-electron chi connectivity index (χ3n) is 3.06. The molecule has 0 aromatic heterocycles. The van der Waals surface area contributed by atoms with Crippen molar-refractivity contribution in [1.29, 1.82) is 0 Å². The number of anilines is 1. The molecule has 1 saturated heterocycles. The molecule has 2 amide bonds. The van der Waals surface area contributed by atoms with Gasteiger partial charge in [-0.05, 0) is 31.2 Å². The van der Waals surface area contributed by atoms with Gasteiger partial charge < -0.3 is 15.0 Å². The van der Waals surface area contributed by atoms with Gasteiger partial charge in [0.15, 0.2) is 0 Å². The molecule has 0 bridgehead atoms. The Labute approximate surface area is 127 Å². The number of hydrogen-bond donors (Lipinski definition) is 1. The van der Waals surface area contributed by atoms with Crippen molar-refractivity contribution in [3.05, 3.63) is 29.3 Å². The largest absolute Gasteiger partial charge is 0.459 e. The Morgan fingerprint density at radius 1 is 1.38 bits per heavy atom. The lowest BCUT2D eigenvalue weighted by molar-refractivity contribution is -0.154. The van der Waals surface area contributed by atoms with E-state index in [1.165, 1.54) is 0 Å². The summed E-state index contributed by atoms with van der Waals surface area (Å²) in [4.78, 5) is 36.3. The number of rotatable bonds is 3. The first-order valence-electron chi connectivity index (χ1n) is 6.54. The third kappa shape index (κ3) is 3.72. The van der Waals surface area contributed by atoms with E-state index < -0.39 is 17.9 Å². The van der Waals surface area contributed by atoms with Crippen molar-refractivity contribution in [3.8, 4) is 0 Å². The van der Waals surface area contributed by atoms with Gasteiger partial charge in [0, 0.05) is 23.7 Å². The summed E-state index contributed by atoms with van der Waals surface area (Å²) in [6.07, 6.45) is 0.147. The number of benzene rings is 1. The normalized spacial score (nSPS) is 17.7. The quantitative estimate of drug-likeness (QED) is 0.670. The molecule has 1 aliphatic rings. The van der Waals surface area contributed by atoms with Crippen LogP contribution in [0.1, 0.15) is 13.3 Å².